The molecule has 3 rings (SSSR count). The highest BCUT2D eigenvalue weighted by atomic mass is 32.2. The lowest BCUT2D eigenvalue weighted by Gasteiger charge is -2.35. The van der Waals surface area contributed by atoms with Crippen LogP contribution in [0.2, 0.25) is 0 Å². The third-order valence-corrected chi connectivity index (χ3v) is 6.62. The van der Waals surface area contributed by atoms with Crippen molar-refractivity contribution in [2.45, 2.75) is 11.8 Å². The number of benzene rings is 2. The first-order valence-corrected chi connectivity index (χ1v) is 10.2. The van der Waals surface area contributed by atoms with Gasteiger partial charge >= 0.3 is 0 Å². The third-order valence-electron chi connectivity index (χ3n) is 4.31. The van der Waals surface area contributed by atoms with Gasteiger partial charge in [0, 0.05) is 31.9 Å². The Hall–Kier alpha value is -2.10. The van der Waals surface area contributed by atoms with Crippen LogP contribution in [0.4, 0.5) is 14.5 Å². The van der Waals surface area contributed by atoms with E-state index in [-0.39, 0.29) is 13.1 Å². The van der Waals surface area contributed by atoms with E-state index >= 15 is 0 Å². The van der Waals surface area contributed by atoms with Gasteiger partial charge in [-0.2, -0.15) is 4.31 Å². The predicted octanol–water partition coefficient (Wildman–Crippen LogP) is 2.98. The Morgan fingerprint density at radius 3 is 2.22 bits per heavy atom. The molecule has 1 aliphatic heterocycles. The summed E-state index contributed by atoms with van der Waals surface area (Å²) in [5.74, 6) is -2.18. The van der Waals surface area contributed by atoms with E-state index in [1.807, 2.05) is 36.1 Å². The molecule has 0 saturated carbocycles. The first kappa shape index (κ1) is 19.7. The number of nitrogens with zero attached hydrogens (tertiary/aromatic N) is 2. The lowest BCUT2D eigenvalue weighted by molar-refractivity contribution is 0.267. The van der Waals surface area contributed by atoms with E-state index in [9.17, 15) is 17.2 Å². The quantitative estimate of drug-likeness (QED) is 0.787. The summed E-state index contributed by atoms with van der Waals surface area (Å²) in [5, 5.41) is 3.61. The maximum atomic E-state index is 13.9. The topological polar surface area (TPSA) is 52.6 Å². The monoisotopic (exact) mass is 411 g/mol. The summed E-state index contributed by atoms with van der Waals surface area (Å²) in [6, 6.07) is 10.7. The first-order chi connectivity index (χ1) is 12.8. The van der Waals surface area contributed by atoms with Crippen molar-refractivity contribution in [2.24, 2.45) is 0 Å². The molecule has 0 amide bonds. The van der Waals surface area contributed by atoms with Crippen LogP contribution in [-0.2, 0) is 10.0 Å². The van der Waals surface area contributed by atoms with E-state index in [0.29, 0.717) is 18.2 Å². The fourth-order valence-electron chi connectivity index (χ4n) is 2.91. The zero-order valence-corrected chi connectivity index (χ0v) is 16.3. The van der Waals surface area contributed by atoms with Gasteiger partial charge in [0.2, 0.25) is 10.0 Å². The molecular weight excluding hydrogens is 392 g/mol. The van der Waals surface area contributed by atoms with Crippen LogP contribution >= 0.6 is 12.2 Å². The number of halogens is 2. The Balaban J connectivity index is 1.67. The lowest BCUT2D eigenvalue weighted by atomic mass is 10.2. The molecule has 5 nitrogen and oxygen atoms in total. The number of hydrogen-bond acceptors (Lipinski definition) is 3. The van der Waals surface area contributed by atoms with E-state index in [1.165, 1.54) is 0 Å². The molecular formula is C18H19F2N3O2S2. The molecule has 1 saturated heterocycles. The molecule has 0 bridgehead atoms. The zero-order valence-electron chi connectivity index (χ0n) is 14.7. The summed E-state index contributed by atoms with van der Waals surface area (Å²) in [7, 11) is -4.24. The molecule has 0 radical (unpaired) electrons. The molecule has 1 aliphatic rings. The second-order valence-corrected chi connectivity index (χ2v) is 8.50. The van der Waals surface area contributed by atoms with Crippen molar-refractivity contribution < 1.29 is 17.2 Å². The summed E-state index contributed by atoms with van der Waals surface area (Å²) in [4.78, 5) is 0.931. The van der Waals surface area contributed by atoms with Gasteiger partial charge in [0.15, 0.2) is 10.0 Å². The number of sulfonamides is 1. The van der Waals surface area contributed by atoms with Gasteiger partial charge in [0.25, 0.3) is 0 Å². The predicted molar refractivity (Wildman–Crippen MR) is 104 cm³/mol. The normalized spacial score (nSPS) is 15.6. The maximum absolute atomic E-state index is 13.9. The molecule has 0 aliphatic carbocycles. The molecule has 0 aromatic heterocycles. The number of thiocarbonyl (C=S) groups is 1. The van der Waals surface area contributed by atoms with Gasteiger partial charge in [-0.15, -0.1) is 0 Å². The molecule has 1 heterocycles. The van der Waals surface area contributed by atoms with E-state index < -0.39 is 26.6 Å². The molecule has 144 valence electrons. The van der Waals surface area contributed by atoms with Gasteiger partial charge in [-0.1, -0.05) is 18.2 Å². The van der Waals surface area contributed by atoms with Crippen molar-refractivity contribution in [3.05, 3.63) is 59.7 Å². The molecule has 27 heavy (non-hydrogen) atoms. The summed E-state index contributed by atoms with van der Waals surface area (Å²) < 4.78 is 54.1. The molecule has 1 N–H and O–H groups in total. The molecule has 2 aromatic rings. The van der Waals surface area contributed by atoms with Crippen LogP contribution in [0.15, 0.2) is 47.4 Å². The average Bonchev–Trinajstić information content (AvgIpc) is 2.61. The zero-order chi connectivity index (χ0) is 19.6. The van der Waals surface area contributed by atoms with E-state index in [1.54, 1.807) is 0 Å². The van der Waals surface area contributed by atoms with Crippen LogP contribution in [0.25, 0.3) is 0 Å². The number of piperazine rings is 1. The summed E-state index contributed by atoms with van der Waals surface area (Å²) in [6.07, 6.45) is 0. The average molecular weight is 411 g/mol. The first-order valence-electron chi connectivity index (χ1n) is 8.36. The van der Waals surface area contributed by atoms with E-state index in [0.717, 1.165) is 33.8 Å². The van der Waals surface area contributed by atoms with Gasteiger partial charge in [-0.25, -0.2) is 17.2 Å². The van der Waals surface area contributed by atoms with Crippen LogP contribution in [0.1, 0.15) is 5.56 Å². The maximum Gasteiger partial charge on any atom is 0.249 e. The van der Waals surface area contributed by atoms with Crippen LogP contribution in [0, 0.1) is 18.6 Å². The van der Waals surface area contributed by atoms with Gasteiger partial charge in [0.05, 0.1) is 0 Å². The minimum absolute atomic E-state index is 0.0890. The van der Waals surface area contributed by atoms with Crippen molar-refractivity contribution in [3.8, 4) is 0 Å². The number of nitrogens with one attached hydrogen (secondary N) is 1. The number of aryl methyl sites for hydroxylation is 1. The standard InChI is InChI=1S/C18H19F2N3O2S2/c1-13-4-2-5-14(12-13)21-18(26)22-8-10-23(11-9-22)27(24,25)17-15(19)6-3-7-16(17)20/h2-7,12H,8-11H2,1H3,(H,21,26). The third kappa shape index (κ3) is 4.26. The van der Waals surface area contributed by atoms with E-state index in [2.05, 4.69) is 5.32 Å². The number of hydrogen-bond donors (Lipinski definition) is 1. The molecule has 0 unspecified atom stereocenters. The van der Waals surface area contributed by atoms with Crippen molar-refractivity contribution in [3.63, 3.8) is 0 Å². The van der Waals surface area contributed by atoms with Crippen LogP contribution in [0.3, 0.4) is 0 Å². The minimum Gasteiger partial charge on any atom is -0.346 e. The van der Waals surface area contributed by atoms with Crippen LogP contribution in [0.5, 0.6) is 0 Å². The Bertz CT molecular complexity index is 939. The van der Waals surface area contributed by atoms with Gasteiger partial charge in [-0.05, 0) is 49.0 Å². The van der Waals surface area contributed by atoms with Crippen LogP contribution < -0.4 is 5.32 Å². The van der Waals surface area contributed by atoms with E-state index in [4.69, 9.17) is 12.2 Å². The fraction of sp³-hybridized carbons (Fsp3) is 0.278. The fourth-order valence-corrected chi connectivity index (χ4v) is 4.75. The summed E-state index contributed by atoms with van der Waals surface area (Å²) in [5.41, 5.74) is 1.94. The Morgan fingerprint density at radius 2 is 1.63 bits per heavy atom. The SMILES string of the molecule is Cc1cccc(NC(=S)N2CCN(S(=O)(=O)c3c(F)cccc3F)CC2)c1. The van der Waals surface area contributed by atoms with Gasteiger partial charge in [0.1, 0.15) is 11.6 Å². The van der Waals surface area contributed by atoms with Crippen LogP contribution in [-0.4, -0.2) is 48.9 Å². The second kappa shape index (κ2) is 7.87. The molecule has 1 fully saturated rings. The molecule has 0 atom stereocenters. The Kier molecular flexibility index (Phi) is 5.73. The highest BCUT2D eigenvalue weighted by Gasteiger charge is 2.33. The second-order valence-electron chi connectivity index (χ2n) is 6.24. The van der Waals surface area contributed by atoms with Crippen molar-refractivity contribution in [1.82, 2.24) is 9.21 Å². The Morgan fingerprint density at radius 1 is 1.04 bits per heavy atom. The summed E-state index contributed by atoms with van der Waals surface area (Å²) in [6.45, 7) is 2.80. The lowest BCUT2D eigenvalue weighted by Crippen LogP contribution is -2.51. The van der Waals surface area contributed by atoms with Gasteiger partial charge in [-0.3, -0.25) is 0 Å². The smallest absolute Gasteiger partial charge is 0.249 e. The number of anilines is 1. The van der Waals surface area contributed by atoms with Crippen molar-refractivity contribution >= 4 is 33.0 Å². The largest absolute Gasteiger partial charge is 0.346 e. The minimum atomic E-state index is -4.24. The van der Waals surface area contributed by atoms with Crippen molar-refractivity contribution in [1.29, 1.82) is 0 Å². The molecule has 2 aromatic carbocycles. The highest BCUT2D eigenvalue weighted by molar-refractivity contribution is 7.89. The molecule has 0 spiro atoms. The molecule has 9 heteroatoms. The van der Waals surface area contributed by atoms with Crippen molar-refractivity contribution in [2.75, 3.05) is 31.5 Å². The summed E-state index contributed by atoms with van der Waals surface area (Å²) >= 11 is 5.39. The van der Waals surface area contributed by atoms with Gasteiger partial charge < -0.3 is 10.2 Å². The number of rotatable bonds is 3. The highest BCUT2D eigenvalue weighted by Crippen LogP contribution is 2.23. The Labute approximate surface area is 162 Å².